The molecule has 3 heteroatoms. The molecule has 1 saturated heterocycles. The summed E-state index contributed by atoms with van der Waals surface area (Å²) in [6.07, 6.45) is 2.28. The maximum atomic E-state index is 5.88. The molecular weight excluding hydrogens is 187 g/mol. The Labute approximate surface area is 94.2 Å². The summed E-state index contributed by atoms with van der Waals surface area (Å²) in [6, 6.07) is 0. The minimum atomic E-state index is -0.222. The maximum absolute atomic E-state index is 5.88. The normalized spacial score (nSPS) is 24.7. The predicted molar refractivity (Wildman–Crippen MR) is 64.7 cm³/mol. The number of hydrogen-bond donors (Lipinski definition) is 0. The van der Waals surface area contributed by atoms with Gasteiger partial charge in [-0.2, -0.15) is 0 Å². The summed E-state index contributed by atoms with van der Waals surface area (Å²) < 4.78 is 11.8. The number of rotatable bonds is 3. The lowest BCUT2D eigenvalue weighted by Gasteiger charge is -2.32. The van der Waals surface area contributed by atoms with E-state index in [0.29, 0.717) is 0 Å². The van der Waals surface area contributed by atoms with Crippen LogP contribution in [0.2, 0.25) is 0 Å². The summed E-state index contributed by atoms with van der Waals surface area (Å²) in [4.78, 5) is 0. The molecule has 0 N–H and O–H groups in total. The summed E-state index contributed by atoms with van der Waals surface area (Å²) in [7, 11) is -0.179. The molecule has 1 fully saturated rings. The second kappa shape index (κ2) is 4.30. The van der Waals surface area contributed by atoms with E-state index in [4.69, 9.17) is 9.31 Å². The zero-order chi connectivity index (χ0) is 11.7. The van der Waals surface area contributed by atoms with Crippen LogP contribution in [0.15, 0.2) is 11.5 Å². The van der Waals surface area contributed by atoms with Gasteiger partial charge >= 0.3 is 7.12 Å². The van der Waals surface area contributed by atoms with Crippen LogP contribution in [0.25, 0.3) is 0 Å². The standard InChI is InChI=1S/C12H23BO2/c1-7-8-10(2)9-13-14-11(3,4)12(5,6)15-13/h9H,7-8H2,1-6H3. The molecule has 0 radical (unpaired) electrons. The van der Waals surface area contributed by atoms with Gasteiger partial charge in [-0.3, -0.25) is 0 Å². The molecule has 0 spiro atoms. The van der Waals surface area contributed by atoms with Crippen LogP contribution in [0.1, 0.15) is 54.4 Å². The van der Waals surface area contributed by atoms with E-state index in [2.05, 4.69) is 47.5 Å². The Bertz CT molecular complexity index is 240. The topological polar surface area (TPSA) is 18.5 Å². The van der Waals surface area contributed by atoms with Crippen molar-refractivity contribution in [3.63, 3.8) is 0 Å². The first kappa shape index (κ1) is 12.8. The van der Waals surface area contributed by atoms with Crippen molar-refractivity contribution in [1.29, 1.82) is 0 Å². The third-order valence-electron chi connectivity index (χ3n) is 3.34. The van der Waals surface area contributed by atoms with Crippen molar-refractivity contribution in [2.24, 2.45) is 0 Å². The Morgan fingerprint density at radius 3 is 2.00 bits per heavy atom. The molecule has 1 aliphatic rings. The van der Waals surface area contributed by atoms with Crippen molar-refractivity contribution in [1.82, 2.24) is 0 Å². The second-order valence-corrected chi connectivity index (χ2v) is 5.39. The van der Waals surface area contributed by atoms with Gasteiger partial charge in [0.2, 0.25) is 0 Å². The van der Waals surface area contributed by atoms with Crippen LogP contribution in [0.3, 0.4) is 0 Å². The number of allylic oxidation sites excluding steroid dienone is 1. The molecule has 0 atom stereocenters. The fraction of sp³-hybridized carbons (Fsp3) is 0.833. The average molecular weight is 210 g/mol. The molecule has 1 rings (SSSR count). The molecule has 1 aliphatic heterocycles. The summed E-state index contributed by atoms with van der Waals surface area (Å²) in [6.45, 7) is 12.6. The first-order chi connectivity index (χ1) is 6.78. The van der Waals surface area contributed by atoms with E-state index >= 15 is 0 Å². The van der Waals surface area contributed by atoms with Crippen LogP contribution in [-0.4, -0.2) is 18.3 Å². The summed E-state index contributed by atoms with van der Waals surface area (Å²) in [5.41, 5.74) is 0.900. The van der Waals surface area contributed by atoms with E-state index in [0.717, 1.165) is 6.42 Å². The molecule has 0 amide bonds. The van der Waals surface area contributed by atoms with E-state index in [1.54, 1.807) is 0 Å². The van der Waals surface area contributed by atoms with Gasteiger partial charge < -0.3 is 9.31 Å². The quantitative estimate of drug-likeness (QED) is 0.665. The molecule has 1 heterocycles. The van der Waals surface area contributed by atoms with E-state index in [-0.39, 0.29) is 18.3 Å². The molecular formula is C12H23BO2. The third kappa shape index (κ3) is 2.85. The van der Waals surface area contributed by atoms with Crippen LogP contribution >= 0.6 is 0 Å². The highest BCUT2D eigenvalue weighted by Crippen LogP contribution is 2.37. The van der Waals surface area contributed by atoms with E-state index < -0.39 is 0 Å². The third-order valence-corrected chi connectivity index (χ3v) is 3.34. The molecule has 0 unspecified atom stereocenters. The molecule has 0 aromatic rings. The van der Waals surface area contributed by atoms with Gasteiger partial charge in [-0.15, -0.1) is 0 Å². The number of hydrogen-bond acceptors (Lipinski definition) is 2. The Balaban J connectivity index is 2.67. The Morgan fingerprint density at radius 1 is 1.13 bits per heavy atom. The van der Waals surface area contributed by atoms with Crippen LogP contribution < -0.4 is 0 Å². The largest absolute Gasteiger partial charge is 0.487 e. The van der Waals surface area contributed by atoms with Gasteiger partial charge in [0.25, 0.3) is 0 Å². The monoisotopic (exact) mass is 210 g/mol. The molecule has 86 valence electrons. The summed E-state index contributed by atoms with van der Waals surface area (Å²) >= 11 is 0. The first-order valence-electron chi connectivity index (χ1n) is 5.81. The maximum Gasteiger partial charge on any atom is 0.487 e. The van der Waals surface area contributed by atoms with Gasteiger partial charge in [0, 0.05) is 0 Å². The van der Waals surface area contributed by atoms with Crippen molar-refractivity contribution in [2.45, 2.75) is 65.6 Å². The van der Waals surface area contributed by atoms with Crippen molar-refractivity contribution in [3.05, 3.63) is 11.5 Å². The van der Waals surface area contributed by atoms with E-state index in [9.17, 15) is 0 Å². The van der Waals surface area contributed by atoms with Crippen molar-refractivity contribution in [3.8, 4) is 0 Å². The van der Waals surface area contributed by atoms with E-state index in [1.807, 2.05) is 0 Å². The SMILES string of the molecule is CCCC(C)=CB1OC(C)(C)C(C)(C)O1. The lowest BCUT2D eigenvalue weighted by atomic mass is 9.86. The van der Waals surface area contributed by atoms with Gasteiger partial charge in [-0.1, -0.05) is 24.9 Å². The van der Waals surface area contributed by atoms with Crippen LogP contribution in [0.4, 0.5) is 0 Å². The van der Waals surface area contributed by atoms with Gasteiger partial charge in [-0.25, -0.2) is 0 Å². The molecule has 0 aromatic carbocycles. The highest BCUT2D eigenvalue weighted by atomic mass is 16.7. The minimum absolute atomic E-state index is 0.179. The van der Waals surface area contributed by atoms with Crippen LogP contribution in [0, 0.1) is 0 Å². The average Bonchev–Trinajstić information content (AvgIpc) is 2.19. The summed E-state index contributed by atoms with van der Waals surface area (Å²) in [5, 5.41) is 0. The highest BCUT2D eigenvalue weighted by molar-refractivity contribution is 6.51. The molecule has 0 bridgehead atoms. The zero-order valence-corrected chi connectivity index (χ0v) is 10.9. The second-order valence-electron chi connectivity index (χ2n) is 5.39. The first-order valence-corrected chi connectivity index (χ1v) is 5.81. The lowest BCUT2D eigenvalue weighted by molar-refractivity contribution is 0.00578. The Kier molecular flexibility index (Phi) is 3.67. The predicted octanol–water partition coefficient (Wildman–Crippen LogP) is 3.36. The van der Waals surface area contributed by atoms with Crippen molar-refractivity contribution in [2.75, 3.05) is 0 Å². The fourth-order valence-electron chi connectivity index (χ4n) is 1.67. The van der Waals surface area contributed by atoms with Gasteiger partial charge in [0.1, 0.15) is 0 Å². The summed E-state index contributed by atoms with van der Waals surface area (Å²) in [5.74, 6) is 2.10. The van der Waals surface area contributed by atoms with Crippen molar-refractivity contribution >= 4 is 7.12 Å². The highest BCUT2D eigenvalue weighted by Gasteiger charge is 2.50. The van der Waals surface area contributed by atoms with Crippen LogP contribution in [-0.2, 0) is 9.31 Å². The molecule has 2 nitrogen and oxygen atoms in total. The Hall–Kier alpha value is -0.275. The zero-order valence-electron chi connectivity index (χ0n) is 10.9. The molecule has 0 aliphatic carbocycles. The van der Waals surface area contributed by atoms with Gasteiger partial charge in [0.15, 0.2) is 0 Å². The van der Waals surface area contributed by atoms with E-state index in [1.165, 1.54) is 12.0 Å². The van der Waals surface area contributed by atoms with Crippen LogP contribution in [0.5, 0.6) is 0 Å². The Morgan fingerprint density at radius 2 is 1.60 bits per heavy atom. The fourth-order valence-corrected chi connectivity index (χ4v) is 1.67. The van der Waals surface area contributed by atoms with Crippen molar-refractivity contribution < 1.29 is 9.31 Å². The van der Waals surface area contributed by atoms with Gasteiger partial charge in [0.05, 0.1) is 11.2 Å². The molecule has 0 saturated carbocycles. The minimum Gasteiger partial charge on any atom is -0.400 e. The van der Waals surface area contributed by atoms with Gasteiger partial charge in [-0.05, 0) is 41.0 Å². The lowest BCUT2D eigenvalue weighted by Crippen LogP contribution is -2.41. The smallest absolute Gasteiger partial charge is 0.400 e. The molecule has 0 aromatic heterocycles. The molecule has 15 heavy (non-hydrogen) atoms.